The molecule has 0 bridgehead atoms. The van der Waals surface area contributed by atoms with Gasteiger partial charge in [-0.1, -0.05) is 18.7 Å². The first kappa shape index (κ1) is 19.9. The minimum absolute atomic E-state index is 0.0674. The number of thioether (sulfide) groups is 1. The van der Waals surface area contributed by atoms with Gasteiger partial charge in [-0.3, -0.25) is 9.59 Å². The summed E-state index contributed by atoms with van der Waals surface area (Å²) in [5.74, 6) is 0.276. The number of fused-ring (bicyclic) bond motifs is 1. The van der Waals surface area contributed by atoms with Gasteiger partial charge in [0.25, 0.3) is 5.91 Å². The molecule has 0 aromatic carbocycles. The highest BCUT2D eigenvalue weighted by Crippen LogP contribution is 2.33. The van der Waals surface area contributed by atoms with Crippen LogP contribution in [-0.2, 0) is 11.2 Å². The van der Waals surface area contributed by atoms with Gasteiger partial charge in [0.2, 0.25) is 5.91 Å². The molecule has 7 nitrogen and oxygen atoms in total. The van der Waals surface area contributed by atoms with Gasteiger partial charge in [-0.15, -0.1) is 11.3 Å². The van der Waals surface area contributed by atoms with Crippen LogP contribution in [0.25, 0.3) is 10.2 Å². The molecule has 0 saturated carbocycles. The largest absolute Gasteiger partial charge is 0.459 e. The van der Waals surface area contributed by atoms with E-state index in [9.17, 15) is 9.59 Å². The Hall–Kier alpha value is -2.39. The van der Waals surface area contributed by atoms with Gasteiger partial charge >= 0.3 is 0 Å². The highest BCUT2D eigenvalue weighted by Gasteiger charge is 2.29. The molecule has 1 atom stereocenters. The summed E-state index contributed by atoms with van der Waals surface area (Å²) in [6.45, 7) is 6.08. The number of hydrogen-bond donors (Lipinski definition) is 0. The third kappa shape index (κ3) is 4.16. The summed E-state index contributed by atoms with van der Waals surface area (Å²) in [6, 6.07) is 5.49. The van der Waals surface area contributed by atoms with Crippen molar-refractivity contribution in [3.63, 3.8) is 0 Å². The van der Waals surface area contributed by atoms with E-state index in [4.69, 9.17) is 4.42 Å². The monoisotopic (exact) mass is 430 g/mol. The number of rotatable bonds is 5. The molecule has 9 heteroatoms. The second-order valence-corrected chi connectivity index (χ2v) is 9.26. The van der Waals surface area contributed by atoms with Crippen LogP contribution in [0.5, 0.6) is 0 Å². The number of carbonyl (C=O) groups is 2. The number of aryl methyl sites for hydroxylation is 1. The van der Waals surface area contributed by atoms with E-state index in [1.165, 1.54) is 22.9 Å². The number of carbonyl (C=O) groups excluding carboxylic acids is 2. The van der Waals surface area contributed by atoms with Crippen LogP contribution >= 0.6 is 23.1 Å². The third-order valence-corrected chi connectivity index (χ3v) is 7.23. The smallest absolute Gasteiger partial charge is 0.289 e. The number of nitrogens with zero attached hydrogens (tertiary/aromatic N) is 4. The average molecular weight is 431 g/mol. The number of furan rings is 1. The molecule has 0 N–H and O–H groups in total. The fourth-order valence-corrected chi connectivity index (χ4v) is 5.29. The minimum Gasteiger partial charge on any atom is -0.459 e. The van der Waals surface area contributed by atoms with Crippen molar-refractivity contribution in [1.29, 1.82) is 0 Å². The first-order valence-corrected chi connectivity index (χ1v) is 11.3. The number of thiophene rings is 1. The van der Waals surface area contributed by atoms with Crippen LogP contribution in [0.4, 0.5) is 0 Å². The van der Waals surface area contributed by atoms with Crippen molar-refractivity contribution in [2.24, 2.45) is 0 Å². The zero-order valence-electron chi connectivity index (χ0n) is 16.3. The molecule has 0 spiro atoms. The summed E-state index contributed by atoms with van der Waals surface area (Å²) in [5.41, 5.74) is 0. The maximum atomic E-state index is 12.9. The fourth-order valence-electron chi connectivity index (χ4n) is 3.31. The molecule has 4 rings (SSSR count). The molecule has 152 valence electrons. The van der Waals surface area contributed by atoms with E-state index in [0.717, 1.165) is 21.7 Å². The Morgan fingerprint density at radius 1 is 1.24 bits per heavy atom. The van der Waals surface area contributed by atoms with E-state index >= 15 is 0 Å². The van der Waals surface area contributed by atoms with Crippen LogP contribution in [-0.4, -0.2) is 63.0 Å². The van der Waals surface area contributed by atoms with Gasteiger partial charge in [0.05, 0.1) is 11.5 Å². The van der Waals surface area contributed by atoms with Crippen LogP contribution in [0.3, 0.4) is 0 Å². The van der Waals surface area contributed by atoms with Gasteiger partial charge in [-0.25, -0.2) is 9.97 Å². The SMILES string of the molecule is CCc1cc2c(SC(C)C(=O)N3CCN(C(=O)c4ccco4)CC3)ncnc2s1. The van der Waals surface area contributed by atoms with Crippen LogP contribution in [0.1, 0.15) is 29.3 Å². The Kier molecular flexibility index (Phi) is 5.86. The first-order valence-electron chi connectivity index (χ1n) is 9.58. The molecule has 1 saturated heterocycles. The molecule has 1 fully saturated rings. The van der Waals surface area contributed by atoms with Crippen molar-refractivity contribution < 1.29 is 14.0 Å². The molecule has 0 radical (unpaired) electrons. The van der Waals surface area contributed by atoms with Gasteiger partial charge in [-0.05, 0) is 31.5 Å². The fraction of sp³-hybridized carbons (Fsp3) is 0.400. The summed E-state index contributed by atoms with van der Waals surface area (Å²) >= 11 is 3.14. The molecular formula is C20H22N4O3S2. The van der Waals surface area contributed by atoms with Crippen molar-refractivity contribution in [2.45, 2.75) is 30.5 Å². The molecule has 4 heterocycles. The molecule has 3 aromatic heterocycles. The van der Waals surface area contributed by atoms with Gasteiger partial charge in [0.15, 0.2) is 5.76 Å². The van der Waals surface area contributed by atoms with Crippen molar-refractivity contribution in [2.75, 3.05) is 26.2 Å². The molecule has 29 heavy (non-hydrogen) atoms. The molecule has 2 amide bonds. The minimum atomic E-state index is -0.259. The van der Waals surface area contributed by atoms with Crippen LogP contribution < -0.4 is 0 Å². The van der Waals surface area contributed by atoms with Gasteiger partial charge in [0.1, 0.15) is 16.2 Å². The predicted molar refractivity (Wildman–Crippen MR) is 113 cm³/mol. The number of aromatic nitrogens is 2. The van der Waals surface area contributed by atoms with Crippen molar-refractivity contribution in [3.8, 4) is 0 Å². The second-order valence-electron chi connectivity index (χ2n) is 6.82. The number of amides is 2. The Labute approximate surface area is 177 Å². The highest BCUT2D eigenvalue weighted by molar-refractivity contribution is 8.00. The normalized spacial score (nSPS) is 15.7. The molecular weight excluding hydrogens is 408 g/mol. The van der Waals surface area contributed by atoms with E-state index < -0.39 is 0 Å². The quantitative estimate of drug-likeness (QED) is 0.456. The summed E-state index contributed by atoms with van der Waals surface area (Å²) in [5, 5.41) is 1.61. The Balaban J connectivity index is 1.38. The standard InChI is InChI=1S/C20H22N4O3S2/c1-3-14-11-15-17(21-12-22-18(15)29-14)28-13(2)19(25)23-6-8-24(9-7-23)20(26)16-5-4-10-27-16/h4-5,10-13H,3,6-9H2,1-2H3. The lowest BCUT2D eigenvalue weighted by molar-refractivity contribution is -0.131. The van der Waals surface area contributed by atoms with Gasteiger partial charge in [0, 0.05) is 36.4 Å². The van der Waals surface area contributed by atoms with Gasteiger partial charge in [-0.2, -0.15) is 0 Å². The molecule has 1 aliphatic heterocycles. The number of hydrogen-bond acceptors (Lipinski definition) is 7. The summed E-state index contributed by atoms with van der Waals surface area (Å²) in [7, 11) is 0. The first-order chi connectivity index (χ1) is 14.1. The van der Waals surface area contributed by atoms with Crippen molar-refractivity contribution >= 4 is 45.1 Å². The van der Waals surface area contributed by atoms with Crippen LogP contribution in [0.15, 0.2) is 40.2 Å². The van der Waals surface area contributed by atoms with Crippen molar-refractivity contribution in [3.05, 3.63) is 41.4 Å². The molecule has 3 aromatic rings. The Bertz CT molecular complexity index is 1010. The predicted octanol–water partition coefficient (Wildman–Crippen LogP) is 3.31. The van der Waals surface area contributed by atoms with Crippen LogP contribution in [0.2, 0.25) is 0 Å². The summed E-state index contributed by atoms with van der Waals surface area (Å²) < 4.78 is 5.19. The molecule has 1 unspecified atom stereocenters. The number of piperazine rings is 1. The maximum absolute atomic E-state index is 12.9. The zero-order valence-corrected chi connectivity index (χ0v) is 18.0. The summed E-state index contributed by atoms with van der Waals surface area (Å²) in [6.07, 6.45) is 4.02. The molecule has 0 aliphatic carbocycles. The van der Waals surface area contributed by atoms with Crippen molar-refractivity contribution in [1.82, 2.24) is 19.8 Å². The maximum Gasteiger partial charge on any atom is 0.289 e. The Morgan fingerprint density at radius 2 is 2.00 bits per heavy atom. The van der Waals surface area contributed by atoms with E-state index in [1.807, 2.05) is 11.8 Å². The van der Waals surface area contributed by atoms with E-state index in [1.54, 1.807) is 34.7 Å². The van der Waals surface area contributed by atoms with E-state index in [-0.39, 0.29) is 17.1 Å². The van der Waals surface area contributed by atoms with E-state index in [0.29, 0.717) is 31.9 Å². The lowest BCUT2D eigenvalue weighted by Crippen LogP contribution is -2.52. The third-order valence-electron chi connectivity index (χ3n) is 4.94. The average Bonchev–Trinajstić information content (AvgIpc) is 3.43. The molecule has 1 aliphatic rings. The van der Waals surface area contributed by atoms with Gasteiger partial charge < -0.3 is 14.2 Å². The lowest BCUT2D eigenvalue weighted by Gasteiger charge is -2.35. The van der Waals surface area contributed by atoms with E-state index in [2.05, 4.69) is 23.0 Å². The lowest BCUT2D eigenvalue weighted by atomic mass is 10.2. The van der Waals surface area contributed by atoms with Crippen LogP contribution in [0, 0.1) is 0 Å². The highest BCUT2D eigenvalue weighted by atomic mass is 32.2. The zero-order chi connectivity index (χ0) is 20.4. The topological polar surface area (TPSA) is 79.5 Å². The Morgan fingerprint density at radius 3 is 2.69 bits per heavy atom. The summed E-state index contributed by atoms with van der Waals surface area (Å²) in [4.78, 5) is 39.9. The second kappa shape index (κ2) is 8.54.